The van der Waals surface area contributed by atoms with Crippen LogP contribution in [0.3, 0.4) is 0 Å². The predicted octanol–water partition coefficient (Wildman–Crippen LogP) is 6.57. The van der Waals surface area contributed by atoms with Gasteiger partial charge in [-0.3, -0.25) is 4.79 Å². The Hall–Kier alpha value is -3.70. The van der Waals surface area contributed by atoms with Crippen LogP contribution in [0.1, 0.15) is 43.9 Å². The molecule has 4 rings (SSSR count). The Bertz CT molecular complexity index is 1430. The van der Waals surface area contributed by atoms with Gasteiger partial charge in [0.1, 0.15) is 15.6 Å². The summed E-state index contributed by atoms with van der Waals surface area (Å²) in [5, 5.41) is 14.3. The first-order chi connectivity index (χ1) is 18.0. The van der Waals surface area contributed by atoms with E-state index < -0.39 is 23.8 Å². The number of rotatable bonds is 9. The van der Waals surface area contributed by atoms with Crippen LogP contribution >= 0.6 is 22.7 Å². The molecule has 0 saturated carbocycles. The van der Waals surface area contributed by atoms with Gasteiger partial charge in [0.05, 0.1) is 11.3 Å². The van der Waals surface area contributed by atoms with Crippen molar-refractivity contribution in [2.24, 2.45) is 0 Å². The van der Waals surface area contributed by atoms with Gasteiger partial charge < -0.3 is 15.2 Å². The molecule has 0 aliphatic carbocycles. The highest BCUT2D eigenvalue weighted by molar-refractivity contribution is 7.17. The summed E-state index contributed by atoms with van der Waals surface area (Å²) in [5.74, 6) is -1.00. The predicted molar refractivity (Wildman–Crippen MR) is 140 cm³/mol. The lowest BCUT2D eigenvalue weighted by atomic mass is 10.1. The van der Waals surface area contributed by atoms with Crippen molar-refractivity contribution in [3.63, 3.8) is 0 Å². The van der Waals surface area contributed by atoms with Crippen molar-refractivity contribution in [1.29, 1.82) is 0 Å². The van der Waals surface area contributed by atoms with Gasteiger partial charge in [0.25, 0.3) is 5.91 Å². The molecule has 0 bridgehead atoms. The molecule has 2 aromatic heterocycles. The minimum atomic E-state index is -4.44. The lowest BCUT2D eigenvalue weighted by molar-refractivity contribution is -0.144. The molecular formula is C27H23F3N2O4S2. The van der Waals surface area contributed by atoms with Crippen molar-refractivity contribution in [2.45, 2.75) is 39.1 Å². The molecule has 0 radical (unpaired) electrons. The van der Waals surface area contributed by atoms with Crippen LogP contribution in [0.25, 0.3) is 10.6 Å². The summed E-state index contributed by atoms with van der Waals surface area (Å²) < 4.78 is 44.3. The third-order valence-electron chi connectivity index (χ3n) is 5.70. The number of halogens is 3. The molecule has 0 saturated heterocycles. The number of nitrogens with zero attached hydrogens (tertiary/aromatic N) is 1. The number of thiophene rings is 1. The average Bonchev–Trinajstić information content (AvgIpc) is 3.53. The Labute approximate surface area is 224 Å². The fourth-order valence-corrected chi connectivity index (χ4v) is 5.32. The van der Waals surface area contributed by atoms with Crippen LogP contribution < -0.4 is 10.1 Å². The molecule has 6 nitrogen and oxygen atoms in total. The highest BCUT2D eigenvalue weighted by Gasteiger charge is 2.30. The molecular weight excluding hydrogens is 537 g/mol. The second-order valence-corrected chi connectivity index (χ2v) is 10.5. The molecule has 2 heterocycles. The molecule has 2 aromatic carbocycles. The molecule has 0 spiro atoms. The molecule has 11 heteroatoms. The Kier molecular flexibility index (Phi) is 8.17. The zero-order valence-corrected chi connectivity index (χ0v) is 22.0. The number of aliphatic carboxylic acids is 1. The molecule has 1 amide bonds. The molecule has 1 unspecified atom stereocenters. The van der Waals surface area contributed by atoms with E-state index in [4.69, 9.17) is 9.84 Å². The first-order valence-corrected chi connectivity index (χ1v) is 13.2. The molecule has 0 fully saturated rings. The van der Waals surface area contributed by atoms with Gasteiger partial charge in [0.15, 0.2) is 6.10 Å². The number of hydrogen-bond acceptors (Lipinski definition) is 6. The molecule has 0 aliphatic heterocycles. The number of carboxylic acid groups (broad SMARTS) is 1. The molecule has 38 heavy (non-hydrogen) atoms. The molecule has 198 valence electrons. The number of nitrogens with one attached hydrogen (secondary N) is 1. The van der Waals surface area contributed by atoms with Gasteiger partial charge in [0.2, 0.25) is 0 Å². The maximum absolute atomic E-state index is 13.2. The summed E-state index contributed by atoms with van der Waals surface area (Å²) in [7, 11) is 0. The van der Waals surface area contributed by atoms with Crippen LogP contribution in [-0.4, -0.2) is 28.1 Å². The van der Waals surface area contributed by atoms with Crippen molar-refractivity contribution >= 4 is 34.6 Å². The van der Waals surface area contributed by atoms with Crippen LogP contribution in [-0.2, 0) is 23.9 Å². The van der Waals surface area contributed by atoms with E-state index in [0.717, 1.165) is 39.5 Å². The van der Waals surface area contributed by atoms with Crippen LogP contribution in [0, 0.1) is 6.92 Å². The minimum absolute atomic E-state index is 0.214. The molecule has 0 aliphatic rings. The van der Waals surface area contributed by atoms with Gasteiger partial charge >= 0.3 is 12.1 Å². The standard InChI is InChI=1S/C27H23F3N2O4S2/c1-15-12-20(36-16(2)26(34)35)10-7-18(15)14-31-24(33)23-22(13-21-4-3-11-37-21)32-25(38-23)17-5-8-19(9-6-17)27(28,29)30/h3-12,16H,13-14H2,1-2H3,(H,31,33)(H,34,35). The summed E-state index contributed by atoms with van der Waals surface area (Å²) >= 11 is 2.66. The number of thiazole rings is 1. The van der Waals surface area contributed by atoms with Gasteiger partial charge in [-0.15, -0.1) is 22.7 Å². The number of ether oxygens (including phenoxy) is 1. The van der Waals surface area contributed by atoms with Crippen molar-refractivity contribution in [1.82, 2.24) is 10.3 Å². The third kappa shape index (κ3) is 6.59. The Balaban J connectivity index is 1.54. The van der Waals surface area contributed by atoms with E-state index in [9.17, 15) is 22.8 Å². The maximum atomic E-state index is 13.2. The third-order valence-corrected chi connectivity index (χ3v) is 7.72. The van der Waals surface area contributed by atoms with E-state index in [1.165, 1.54) is 30.4 Å². The van der Waals surface area contributed by atoms with E-state index in [0.29, 0.717) is 33.3 Å². The minimum Gasteiger partial charge on any atom is -0.479 e. The normalized spacial score (nSPS) is 12.2. The van der Waals surface area contributed by atoms with Crippen molar-refractivity contribution in [3.05, 3.63) is 92.1 Å². The van der Waals surface area contributed by atoms with Crippen LogP contribution in [0.4, 0.5) is 13.2 Å². The first-order valence-electron chi connectivity index (χ1n) is 11.5. The van der Waals surface area contributed by atoms with Gasteiger partial charge in [0, 0.05) is 23.4 Å². The van der Waals surface area contributed by atoms with Crippen molar-refractivity contribution in [2.75, 3.05) is 0 Å². The number of amides is 1. The SMILES string of the molecule is Cc1cc(OC(C)C(=O)O)ccc1CNC(=O)c1sc(-c2ccc(C(F)(F)F)cc2)nc1Cc1cccs1. The second kappa shape index (κ2) is 11.4. The fraction of sp³-hybridized carbons (Fsp3) is 0.222. The van der Waals surface area contributed by atoms with Gasteiger partial charge in [-0.2, -0.15) is 13.2 Å². The zero-order chi connectivity index (χ0) is 27.4. The highest BCUT2D eigenvalue weighted by Crippen LogP contribution is 2.34. The number of aromatic nitrogens is 1. The number of hydrogen-bond donors (Lipinski definition) is 2. The topological polar surface area (TPSA) is 88.5 Å². The maximum Gasteiger partial charge on any atom is 0.416 e. The quantitative estimate of drug-likeness (QED) is 0.242. The lowest BCUT2D eigenvalue weighted by Gasteiger charge is -2.13. The Morgan fingerprint density at radius 1 is 1.13 bits per heavy atom. The number of carbonyl (C=O) groups is 2. The summed E-state index contributed by atoms with van der Waals surface area (Å²) in [6, 6.07) is 13.7. The lowest BCUT2D eigenvalue weighted by Crippen LogP contribution is -2.24. The summed E-state index contributed by atoms with van der Waals surface area (Å²) in [5.41, 5.74) is 1.93. The van der Waals surface area contributed by atoms with E-state index in [-0.39, 0.29) is 12.5 Å². The highest BCUT2D eigenvalue weighted by atomic mass is 32.1. The largest absolute Gasteiger partial charge is 0.479 e. The van der Waals surface area contributed by atoms with Gasteiger partial charge in [-0.1, -0.05) is 24.3 Å². The second-order valence-electron chi connectivity index (χ2n) is 8.50. The van der Waals surface area contributed by atoms with E-state index in [2.05, 4.69) is 10.3 Å². The van der Waals surface area contributed by atoms with E-state index in [1.807, 2.05) is 24.4 Å². The summed E-state index contributed by atoms with van der Waals surface area (Å²) in [4.78, 5) is 30.2. The van der Waals surface area contributed by atoms with Gasteiger partial charge in [-0.25, -0.2) is 9.78 Å². The van der Waals surface area contributed by atoms with E-state index in [1.54, 1.807) is 18.2 Å². The Morgan fingerprint density at radius 3 is 2.47 bits per heavy atom. The van der Waals surface area contributed by atoms with Crippen LogP contribution in [0.2, 0.25) is 0 Å². The number of carbonyl (C=O) groups excluding carboxylic acids is 1. The monoisotopic (exact) mass is 560 g/mol. The number of carboxylic acids is 1. The van der Waals surface area contributed by atoms with Crippen molar-refractivity contribution in [3.8, 4) is 16.3 Å². The number of aryl methyl sites for hydroxylation is 1. The van der Waals surface area contributed by atoms with Crippen molar-refractivity contribution < 1.29 is 32.6 Å². The van der Waals surface area contributed by atoms with Gasteiger partial charge in [-0.05, 0) is 60.7 Å². The zero-order valence-electron chi connectivity index (χ0n) is 20.3. The Morgan fingerprint density at radius 2 is 1.87 bits per heavy atom. The average molecular weight is 561 g/mol. The summed E-state index contributed by atoms with van der Waals surface area (Å²) in [6.07, 6.45) is -5.01. The fourth-order valence-electron chi connectivity index (χ4n) is 3.60. The van der Waals surface area contributed by atoms with E-state index >= 15 is 0 Å². The molecule has 4 aromatic rings. The smallest absolute Gasteiger partial charge is 0.416 e. The van der Waals surface area contributed by atoms with Crippen LogP contribution in [0.15, 0.2) is 60.0 Å². The molecule has 1 atom stereocenters. The summed E-state index contributed by atoms with van der Waals surface area (Å²) in [6.45, 7) is 3.48. The molecule has 2 N–H and O–H groups in total. The van der Waals surface area contributed by atoms with Crippen LogP contribution in [0.5, 0.6) is 5.75 Å². The number of alkyl halides is 3. The number of benzene rings is 2. The first kappa shape index (κ1) is 27.3.